The minimum atomic E-state index is -1.31. The Bertz CT molecular complexity index is 1280. The number of fused-ring (bicyclic) bond motifs is 1. The molecule has 0 unspecified atom stereocenters. The zero-order valence-corrected chi connectivity index (χ0v) is 18.0. The Balaban J connectivity index is 1.74. The van der Waals surface area contributed by atoms with Gasteiger partial charge in [-0.05, 0) is 26.0 Å². The molecule has 174 valence electrons. The van der Waals surface area contributed by atoms with E-state index in [-0.39, 0.29) is 54.1 Å². The first-order valence-electron chi connectivity index (χ1n) is 10.4. The number of rotatable bonds is 4. The number of anilines is 2. The van der Waals surface area contributed by atoms with E-state index in [0.29, 0.717) is 5.52 Å². The highest BCUT2D eigenvalue weighted by atomic mass is 19.1. The molecule has 4 N–H and O–H groups in total. The van der Waals surface area contributed by atoms with Crippen molar-refractivity contribution in [3.63, 3.8) is 0 Å². The molecule has 2 atom stereocenters. The number of hydrogen-bond donors (Lipinski definition) is 3. The molecule has 1 aromatic carbocycles. The van der Waals surface area contributed by atoms with Crippen LogP contribution in [0.1, 0.15) is 26.3 Å². The smallest absolute Gasteiger partial charge is 0.407 e. The lowest BCUT2D eigenvalue weighted by molar-refractivity contribution is 0.102. The van der Waals surface area contributed by atoms with E-state index in [4.69, 9.17) is 5.73 Å². The second-order valence-electron chi connectivity index (χ2n) is 8.23. The van der Waals surface area contributed by atoms with E-state index in [9.17, 15) is 23.5 Å². The van der Waals surface area contributed by atoms with E-state index in [1.54, 1.807) is 13.8 Å². The topological polar surface area (TPSA) is 139 Å². The molecule has 0 spiro atoms. The third kappa shape index (κ3) is 4.41. The Kier molecular flexibility index (Phi) is 5.83. The minimum absolute atomic E-state index is 0.0315. The first-order valence-corrected chi connectivity index (χ1v) is 10.4. The van der Waals surface area contributed by atoms with Crippen molar-refractivity contribution in [2.45, 2.75) is 38.5 Å². The van der Waals surface area contributed by atoms with Crippen LogP contribution in [0.5, 0.6) is 0 Å². The lowest BCUT2D eigenvalue weighted by Gasteiger charge is -2.33. The van der Waals surface area contributed by atoms with Crippen LogP contribution >= 0.6 is 0 Å². The maximum Gasteiger partial charge on any atom is 0.407 e. The number of nitrogens with one attached hydrogen (secondary N) is 1. The Morgan fingerprint density at radius 2 is 2.06 bits per heavy atom. The highest BCUT2D eigenvalue weighted by molar-refractivity contribution is 5.75. The number of likely N-dealkylation sites (tertiary alicyclic amines) is 1. The second kappa shape index (κ2) is 8.60. The van der Waals surface area contributed by atoms with E-state index in [0.717, 1.165) is 11.0 Å². The molecule has 0 saturated carbocycles. The van der Waals surface area contributed by atoms with Gasteiger partial charge in [-0.3, -0.25) is 9.36 Å². The van der Waals surface area contributed by atoms with Crippen molar-refractivity contribution in [3.05, 3.63) is 40.6 Å². The maximum absolute atomic E-state index is 14.0. The fraction of sp³-hybridized carbons (Fsp3) is 0.381. The summed E-state index contributed by atoms with van der Waals surface area (Å²) >= 11 is 0. The highest BCUT2D eigenvalue weighted by Crippen LogP contribution is 2.23. The Morgan fingerprint density at radius 1 is 1.30 bits per heavy atom. The molecule has 1 aliphatic rings. The lowest BCUT2D eigenvalue weighted by atomic mass is 10.0. The summed E-state index contributed by atoms with van der Waals surface area (Å²) in [5.74, 6) is -0.538. The number of carbonyl (C=O) groups is 1. The van der Waals surface area contributed by atoms with E-state index in [2.05, 4.69) is 20.3 Å². The predicted molar refractivity (Wildman–Crippen MR) is 118 cm³/mol. The summed E-state index contributed by atoms with van der Waals surface area (Å²) in [7, 11) is 0. The van der Waals surface area contributed by atoms with E-state index >= 15 is 0 Å². The van der Waals surface area contributed by atoms with Crippen LogP contribution < -0.4 is 16.6 Å². The molecule has 12 heteroatoms. The van der Waals surface area contributed by atoms with Crippen molar-refractivity contribution >= 4 is 28.9 Å². The first-order chi connectivity index (χ1) is 15.6. The van der Waals surface area contributed by atoms with Crippen molar-refractivity contribution in [3.8, 4) is 11.3 Å². The number of alkyl halides is 1. The molecule has 1 amide bonds. The number of hydrogen-bond acceptors (Lipinski definition) is 7. The van der Waals surface area contributed by atoms with Gasteiger partial charge < -0.3 is 21.1 Å². The largest absolute Gasteiger partial charge is 0.465 e. The molecule has 0 radical (unpaired) electrons. The summed E-state index contributed by atoms with van der Waals surface area (Å²) in [6.07, 6.45) is -1.01. The van der Waals surface area contributed by atoms with Gasteiger partial charge in [-0.1, -0.05) is 6.07 Å². The van der Waals surface area contributed by atoms with Gasteiger partial charge in [-0.2, -0.15) is 4.98 Å². The fourth-order valence-corrected chi connectivity index (χ4v) is 3.89. The molecule has 1 saturated heterocycles. The molecule has 3 heterocycles. The van der Waals surface area contributed by atoms with E-state index < -0.39 is 29.7 Å². The number of nitrogens with two attached hydrogens (primary N) is 1. The van der Waals surface area contributed by atoms with Gasteiger partial charge in [0.25, 0.3) is 5.56 Å². The van der Waals surface area contributed by atoms with Gasteiger partial charge in [-0.15, -0.1) is 0 Å². The van der Waals surface area contributed by atoms with Gasteiger partial charge in [0.15, 0.2) is 5.65 Å². The van der Waals surface area contributed by atoms with Crippen LogP contribution in [0.2, 0.25) is 0 Å². The number of halogens is 2. The van der Waals surface area contributed by atoms with Gasteiger partial charge in [0, 0.05) is 30.6 Å². The van der Waals surface area contributed by atoms with Crippen molar-refractivity contribution in [2.75, 3.05) is 24.1 Å². The molecule has 2 aromatic heterocycles. The standard InChI is InChI=1S/C21H23F2N7O3/c1-10(2)30-18-16(27-17(19(30)31)11-3-4-15(24)14(23)5-11)7-25-20(28-18)26-13-6-12(22)8-29(9-13)21(32)33/h3-5,7,10,12-13H,6,8-9,24H2,1-2H3,(H,32,33)(H,25,26,28)/t12-,13-/m0/s1. The lowest BCUT2D eigenvalue weighted by Crippen LogP contribution is -2.49. The molecule has 0 bridgehead atoms. The van der Waals surface area contributed by atoms with Gasteiger partial charge in [0.1, 0.15) is 23.2 Å². The van der Waals surface area contributed by atoms with E-state index in [1.165, 1.54) is 22.9 Å². The second-order valence-corrected chi connectivity index (χ2v) is 8.23. The summed E-state index contributed by atoms with van der Waals surface area (Å²) in [5, 5.41) is 12.1. The van der Waals surface area contributed by atoms with Crippen LogP contribution in [0.25, 0.3) is 22.4 Å². The normalized spacial score (nSPS) is 18.6. The summed E-state index contributed by atoms with van der Waals surface area (Å²) in [6, 6.07) is 3.18. The molecule has 0 aliphatic carbocycles. The quantitative estimate of drug-likeness (QED) is 0.506. The zero-order valence-electron chi connectivity index (χ0n) is 18.0. The molecular weight excluding hydrogens is 436 g/mol. The van der Waals surface area contributed by atoms with Crippen molar-refractivity contribution in [2.24, 2.45) is 0 Å². The number of aromatic nitrogens is 4. The maximum atomic E-state index is 14.0. The SMILES string of the molecule is CC(C)n1c(=O)c(-c2ccc(N)c(F)c2)nc2cnc(N[C@H]3C[C@H](F)CN(C(=O)O)C3)nc21. The predicted octanol–water partition coefficient (Wildman–Crippen LogP) is 2.66. The number of carboxylic acid groups (broad SMARTS) is 1. The Hall–Kier alpha value is -3.83. The summed E-state index contributed by atoms with van der Waals surface area (Å²) in [6.45, 7) is 3.48. The molecule has 33 heavy (non-hydrogen) atoms. The third-order valence-electron chi connectivity index (χ3n) is 5.43. The minimum Gasteiger partial charge on any atom is -0.465 e. The van der Waals surface area contributed by atoms with Gasteiger partial charge in [-0.25, -0.2) is 23.5 Å². The highest BCUT2D eigenvalue weighted by Gasteiger charge is 2.30. The molecule has 10 nitrogen and oxygen atoms in total. The average molecular weight is 459 g/mol. The van der Waals surface area contributed by atoms with Crippen molar-refractivity contribution in [1.29, 1.82) is 0 Å². The van der Waals surface area contributed by atoms with Crippen molar-refractivity contribution < 1.29 is 18.7 Å². The fourth-order valence-electron chi connectivity index (χ4n) is 3.89. The van der Waals surface area contributed by atoms with E-state index in [1.807, 2.05) is 0 Å². The van der Waals surface area contributed by atoms with Gasteiger partial charge >= 0.3 is 6.09 Å². The van der Waals surface area contributed by atoms with Crippen LogP contribution in [-0.4, -0.2) is 60.9 Å². The number of nitrogen functional groups attached to an aromatic ring is 1. The Morgan fingerprint density at radius 3 is 2.73 bits per heavy atom. The number of piperidine rings is 1. The average Bonchev–Trinajstić information content (AvgIpc) is 2.74. The van der Waals surface area contributed by atoms with Crippen LogP contribution in [0.15, 0.2) is 29.2 Å². The Labute approximate surface area is 187 Å². The molecule has 1 fully saturated rings. The van der Waals surface area contributed by atoms with Crippen LogP contribution in [0.4, 0.5) is 25.2 Å². The molecular formula is C21H23F2N7O3. The van der Waals surface area contributed by atoms with Gasteiger partial charge in [0.05, 0.1) is 18.4 Å². The first kappa shape index (κ1) is 22.4. The van der Waals surface area contributed by atoms with Crippen molar-refractivity contribution in [1.82, 2.24) is 24.4 Å². The zero-order chi connectivity index (χ0) is 23.9. The number of nitrogens with zero attached hydrogens (tertiary/aromatic N) is 5. The van der Waals surface area contributed by atoms with Crippen LogP contribution in [0.3, 0.4) is 0 Å². The third-order valence-corrected chi connectivity index (χ3v) is 5.43. The molecule has 4 rings (SSSR count). The summed E-state index contributed by atoms with van der Waals surface area (Å²) in [5.41, 5.74) is 5.88. The number of amides is 1. The monoisotopic (exact) mass is 459 g/mol. The van der Waals surface area contributed by atoms with Gasteiger partial charge in [0.2, 0.25) is 5.95 Å². The molecule has 3 aromatic rings. The van der Waals surface area contributed by atoms with Crippen LogP contribution in [0, 0.1) is 5.82 Å². The molecule has 1 aliphatic heterocycles. The van der Waals surface area contributed by atoms with Crippen LogP contribution in [-0.2, 0) is 0 Å². The summed E-state index contributed by atoms with van der Waals surface area (Å²) < 4.78 is 29.4. The summed E-state index contributed by atoms with van der Waals surface area (Å²) in [4.78, 5) is 38.4. The number of benzene rings is 1.